The number of hydrazone groups is 1. The molecule has 2 aliphatic rings. The summed E-state index contributed by atoms with van der Waals surface area (Å²) in [6.07, 6.45) is 6.65. The van der Waals surface area contributed by atoms with Crippen molar-refractivity contribution in [3.63, 3.8) is 0 Å². The summed E-state index contributed by atoms with van der Waals surface area (Å²) in [7, 11) is 1.69. The van der Waals surface area contributed by atoms with Crippen molar-refractivity contribution in [3.05, 3.63) is 89.5 Å². The van der Waals surface area contributed by atoms with E-state index >= 15 is 0 Å². The number of methoxy groups -OCH3 is 1. The van der Waals surface area contributed by atoms with Crippen molar-refractivity contribution in [2.45, 2.75) is 57.7 Å². The van der Waals surface area contributed by atoms with E-state index < -0.39 is 0 Å². The highest BCUT2D eigenvalue weighted by molar-refractivity contribution is 6.01. The minimum atomic E-state index is -0.340. The van der Waals surface area contributed by atoms with E-state index in [1.54, 1.807) is 7.11 Å². The summed E-state index contributed by atoms with van der Waals surface area (Å²) in [6.45, 7) is 2.99. The van der Waals surface area contributed by atoms with Crippen molar-refractivity contribution in [2.24, 2.45) is 5.10 Å². The van der Waals surface area contributed by atoms with Crippen LogP contribution in [-0.4, -0.2) is 24.4 Å². The Hall–Kier alpha value is -3.47. The average Bonchev–Trinajstić information content (AvgIpc) is 3.37. The number of ether oxygens (including phenoxy) is 3. The fourth-order valence-electron chi connectivity index (χ4n) is 4.89. The fraction of sp³-hybridized carbons (Fsp3) is 0.367. The molecule has 5 heteroatoms. The summed E-state index contributed by atoms with van der Waals surface area (Å²) < 4.78 is 18.2. The second-order valence-electron chi connectivity index (χ2n) is 9.19. The molecule has 0 saturated heterocycles. The van der Waals surface area contributed by atoms with Crippen molar-refractivity contribution in [1.82, 2.24) is 5.01 Å². The topological polar surface area (TPSA) is 43.3 Å². The Kier molecular flexibility index (Phi) is 7.22. The first kappa shape index (κ1) is 23.3. The largest absolute Gasteiger partial charge is 0.494 e. The number of rotatable bonds is 10. The van der Waals surface area contributed by atoms with Crippen LogP contribution in [0.2, 0.25) is 0 Å². The van der Waals surface area contributed by atoms with Gasteiger partial charge in [-0.25, -0.2) is 5.01 Å². The third-order valence-electron chi connectivity index (χ3n) is 6.79. The maximum absolute atomic E-state index is 6.57. The number of nitrogens with zero attached hydrogens (tertiary/aromatic N) is 2. The van der Waals surface area contributed by atoms with E-state index in [0.29, 0.717) is 0 Å². The van der Waals surface area contributed by atoms with Crippen molar-refractivity contribution in [3.8, 4) is 17.2 Å². The molecule has 0 saturated carbocycles. The second-order valence-corrected chi connectivity index (χ2v) is 9.19. The van der Waals surface area contributed by atoms with Gasteiger partial charge in [0, 0.05) is 17.5 Å². The molecule has 0 spiro atoms. The predicted octanol–water partition coefficient (Wildman–Crippen LogP) is 7.29. The minimum Gasteiger partial charge on any atom is -0.494 e. The first-order valence-corrected chi connectivity index (χ1v) is 12.8. The van der Waals surface area contributed by atoms with Crippen LogP contribution < -0.4 is 14.2 Å². The number of hydrogen-bond acceptors (Lipinski definition) is 5. The molecule has 5 nitrogen and oxygen atoms in total. The van der Waals surface area contributed by atoms with Gasteiger partial charge < -0.3 is 14.2 Å². The monoisotopic (exact) mass is 470 g/mol. The molecule has 5 rings (SSSR count). The highest BCUT2D eigenvalue weighted by atomic mass is 16.5. The van der Waals surface area contributed by atoms with Gasteiger partial charge in [0.25, 0.3) is 0 Å². The normalized spacial score (nSPS) is 18.3. The molecule has 0 N–H and O–H groups in total. The molecule has 182 valence electrons. The minimum absolute atomic E-state index is 0.0908. The number of benzene rings is 3. The summed E-state index contributed by atoms with van der Waals surface area (Å²) in [5.74, 6) is 2.45. The molecule has 2 aliphatic heterocycles. The van der Waals surface area contributed by atoms with E-state index in [0.717, 1.165) is 59.1 Å². The molecule has 0 aromatic heterocycles. The van der Waals surface area contributed by atoms with Crippen LogP contribution in [0.5, 0.6) is 17.2 Å². The molecule has 2 atom stereocenters. The van der Waals surface area contributed by atoms with Gasteiger partial charge in [0.2, 0.25) is 6.23 Å². The van der Waals surface area contributed by atoms with E-state index in [1.807, 2.05) is 30.3 Å². The lowest BCUT2D eigenvalue weighted by molar-refractivity contribution is -0.0209. The van der Waals surface area contributed by atoms with Gasteiger partial charge >= 0.3 is 0 Å². The van der Waals surface area contributed by atoms with Gasteiger partial charge in [-0.3, -0.25) is 0 Å². The van der Waals surface area contributed by atoms with E-state index in [9.17, 15) is 0 Å². The number of para-hydroxylation sites is 1. The molecule has 0 bridgehead atoms. The van der Waals surface area contributed by atoms with E-state index in [-0.39, 0.29) is 12.3 Å². The van der Waals surface area contributed by atoms with Crippen LogP contribution >= 0.6 is 0 Å². The molecular weight excluding hydrogens is 436 g/mol. The van der Waals surface area contributed by atoms with Crippen LogP contribution in [0, 0.1) is 0 Å². The molecule has 0 fully saturated rings. The number of hydrogen-bond donors (Lipinski definition) is 0. The van der Waals surface area contributed by atoms with Crippen LogP contribution in [0.3, 0.4) is 0 Å². The lowest BCUT2D eigenvalue weighted by atomic mass is 9.95. The highest BCUT2D eigenvalue weighted by Crippen LogP contribution is 2.50. The van der Waals surface area contributed by atoms with Crippen molar-refractivity contribution < 1.29 is 14.2 Å². The molecule has 0 aliphatic carbocycles. The Morgan fingerprint density at radius 2 is 1.71 bits per heavy atom. The van der Waals surface area contributed by atoms with Gasteiger partial charge in [0.15, 0.2) is 11.5 Å². The van der Waals surface area contributed by atoms with Gasteiger partial charge in [-0.15, -0.1) is 0 Å². The van der Waals surface area contributed by atoms with Crippen molar-refractivity contribution >= 4 is 5.71 Å². The lowest BCUT2D eigenvalue weighted by Crippen LogP contribution is -2.33. The van der Waals surface area contributed by atoms with E-state index in [2.05, 4.69) is 54.4 Å². The standard InChI is InChI=1S/C30H34N2O3/c1-3-4-5-6-10-20-34-24-18-16-23(17-19-24)30-32-27(21-26(31-32)22-12-8-7-9-13-22)25-14-11-15-28(33-2)29(25)35-30/h7-9,11-19,27,30H,3-6,10,20-21H2,1-2H3/t27-,30-/m0/s1. The maximum Gasteiger partial charge on any atom is 0.214 e. The van der Waals surface area contributed by atoms with Gasteiger partial charge in [-0.1, -0.05) is 75.1 Å². The smallest absolute Gasteiger partial charge is 0.214 e. The van der Waals surface area contributed by atoms with Crippen molar-refractivity contribution in [1.29, 1.82) is 0 Å². The lowest BCUT2D eigenvalue weighted by Gasteiger charge is -2.38. The Morgan fingerprint density at radius 1 is 0.914 bits per heavy atom. The Balaban J connectivity index is 1.38. The highest BCUT2D eigenvalue weighted by Gasteiger charge is 2.42. The van der Waals surface area contributed by atoms with Gasteiger partial charge in [-0.2, -0.15) is 5.10 Å². The zero-order valence-electron chi connectivity index (χ0n) is 20.7. The Labute approximate surface area is 208 Å². The Morgan fingerprint density at radius 3 is 2.49 bits per heavy atom. The Bertz CT molecular complexity index is 1140. The molecule has 0 radical (unpaired) electrons. The SMILES string of the molecule is CCCCCCCOc1ccc([C@@H]2Oc3c(OC)cccc3[C@@H]3CC(c4ccccc4)=NN32)cc1. The number of fused-ring (bicyclic) bond motifs is 3. The maximum atomic E-state index is 6.57. The van der Waals surface area contributed by atoms with Crippen LogP contribution in [0.1, 0.15) is 74.4 Å². The molecule has 0 unspecified atom stereocenters. The summed E-state index contributed by atoms with van der Waals surface area (Å²) in [5, 5.41) is 7.16. The van der Waals surface area contributed by atoms with Crippen molar-refractivity contribution in [2.75, 3.05) is 13.7 Å². The second kappa shape index (κ2) is 10.9. The molecule has 35 heavy (non-hydrogen) atoms. The van der Waals surface area contributed by atoms with Crippen LogP contribution in [0.25, 0.3) is 0 Å². The number of unbranched alkanes of at least 4 members (excludes halogenated alkanes) is 4. The molecule has 0 amide bonds. The first-order valence-electron chi connectivity index (χ1n) is 12.8. The third kappa shape index (κ3) is 5.00. The van der Waals surface area contributed by atoms with Crippen LogP contribution in [0.4, 0.5) is 0 Å². The zero-order chi connectivity index (χ0) is 24.0. The average molecular weight is 471 g/mol. The van der Waals surface area contributed by atoms with E-state index in [4.69, 9.17) is 19.3 Å². The summed E-state index contributed by atoms with van der Waals surface area (Å²) in [5.41, 5.74) is 4.37. The molecule has 2 heterocycles. The van der Waals surface area contributed by atoms with Gasteiger partial charge in [0.05, 0.1) is 25.5 Å². The van der Waals surface area contributed by atoms with Crippen LogP contribution in [0.15, 0.2) is 77.9 Å². The predicted molar refractivity (Wildman–Crippen MR) is 139 cm³/mol. The third-order valence-corrected chi connectivity index (χ3v) is 6.79. The molecule has 3 aromatic rings. The van der Waals surface area contributed by atoms with E-state index in [1.165, 1.54) is 25.7 Å². The summed E-state index contributed by atoms with van der Waals surface area (Å²) >= 11 is 0. The fourth-order valence-corrected chi connectivity index (χ4v) is 4.89. The zero-order valence-corrected chi connectivity index (χ0v) is 20.7. The van der Waals surface area contributed by atoms with Gasteiger partial charge in [-0.05, 0) is 42.3 Å². The molecular formula is C30H34N2O3. The molecule has 3 aromatic carbocycles. The van der Waals surface area contributed by atoms with Gasteiger partial charge in [0.1, 0.15) is 5.75 Å². The quantitative estimate of drug-likeness (QED) is 0.292. The van der Waals surface area contributed by atoms with Crippen LogP contribution in [-0.2, 0) is 0 Å². The summed E-state index contributed by atoms with van der Waals surface area (Å²) in [4.78, 5) is 0. The summed E-state index contributed by atoms with van der Waals surface area (Å²) in [6, 6.07) is 24.8. The first-order chi connectivity index (χ1) is 17.3.